The lowest BCUT2D eigenvalue weighted by Gasteiger charge is -2.32. The molecule has 3 aromatic rings. The summed E-state index contributed by atoms with van der Waals surface area (Å²) in [5.41, 5.74) is 3.46. The lowest BCUT2D eigenvalue weighted by atomic mass is 10.0. The zero-order valence-corrected chi connectivity index (χ0v) is 21.6. The van der Waals surface area contributed by atoms with E-state index in [0.29, 0.717) is 12.6 Å². The number of likely N-dealkylation sites (tertiary alicyclic amines) is 1. The van der Waals surface area contributed by atoms with E-state index in [1.807, 2.05) is 12.1 Å². The zero-order valence-electron chi connectivity index (χ0n) is 18.4. The SMILES string of the molecule is Cl.Cl.Fc1ccc(COc2ccc(Br)cc2CNC2CCN(Cc3ccccc3)CC2)cc1. The van der Waals surface area contributed by atoms with Gasteiger partial charge < -0.3 is 10.1 Å². The van der Waals surface area contributed by atoms with E-state index < -0.39 is 0 Å². The molecular weight excluding hydrogens is 526 g/mol. The highest BCUT2D eigenvalue weighted by Gasteiger charge is 2.19. The van der Waals surface area contributed by atoms with Crippen LogP contribution in [0.25, 0.3) is 0 Å². The van der Waals surface area contributed by atoms with Gasteiger partial charge in [-0.2, -0.15) is 0 Å². The van der Waals surface area contributed by atoms with Crippen molar-refractivity contribution in [3.8, 4) is 5.75 Å². The van der Waals surface area contributed by atoms with E-state index >= 15 is 0 Å². The number of halogens is 4. The van der Waals surface area contributed by atoms with Crippen LogP contribution in [0.4, 0.5) is 4.39 Å². The van der Waals surface area contributed by atoms with Gasteiger partial charge in [-0.1, -0.05) is 58.4 Å². The van der Waals surface area contributed by atoms with E-state index in [1.54, 1.807) is 12.1 Å². The fraction of sp³-hybridized carbons (Fsp3) is 0.308. The summed E-state index contributed by atoms with van der Waals surface area (Å²) in [5, 5.41) is 3.72. The number of ether oxygens (including phenoxy) is 1. The second-order valence-corrected chi connectivity index (χ2v) is 9.00. The summed E-state index contributed by atoms with van der Waals surface area (Å²) < 4.78 is 20.2. The van der Waals surface area contributed by atoms with Crippen LogP contribution in [0.1, 0.15) is 29.5 Å². The van der Waals surface area contributed by atoms with Gasteiger partial charge in [-0.05, 0) is 67.4 Å². The number of rotatable bonds is 8. The van der Waals surface area contributed by atoms with Crippen LogP contribution in [-0.2, 0) is 19.7 Å². The fourth-order valence-corrected chi connectivity index (χ4v) is 4.37. The molecule has 33 heavy (non-hydrogen) atoms. The van der Waals surface area contributed by atoms with Gasteiger partial charge in [0.1, 0.15) is 18.2 Å². The first-order valence-electron chi connectivity index (χ1n) is 10.8. The third-order valence-electron chi connectivity index (χ3n) is 5.75. The molecule has 0 bridgehead atoms. The van der Waals surface area contributed by atoms with Crippen molar-refractivity contribution in [2.24, 2.45) is 0 Å². The summed E-state index contributed by atoms with van der Waals surface area (Å²) in [6, 6.07) is 23.7. The molecule has 3 aromatic carbocycles. The first-order chi connectivity index (χ1) is 15.2. The van der Waals surface area contributed by atoms with Gasteiger partial charge in [0.2, 0.25) is 0 Å². The summed E-state index contributed by atoms with van der Waals surface area (Å²) >= 11 is 3.57. The smallest absolute Gasteiger partial charge is 0.124 e. The minimum Gasteiger partial charge on any atom is -0.489 e. The Morgan fingerprint density at radius 3 is 2.30 bits per heavy atom. The van der Waals surface area contributed by atoms with Crippen LogP contribution in [0.15, 0.2) is 77.3 Å². The number of piperidine rings is 1. The average molecular weight is 556 g/mol. The van der Waals surface area contributed by atoms with Gasteiger partial charge in [-0.25, -0.2) is 4.39 Å². The van der Waals surface area contributed by atoms with Crippen molar-refractivity contribution >= 4 is 40.7 Å². The molecule has 0 radical (unpaired) electrons. The van der Waals surface area contributed by atoms with E-state index in [0.717, 1.165) is 60.4 Å². The van der Waals surface area contributed by atoms with Crippen molar-refractivity contribution in [2.75, 3.05) is 13.1 Å². The van der Waals surface area contributed by atoms with Gasteiger partial charge >= 0.3 is 0 Å². The van der Waals surface area contributed by atoms with Gasteiger partial charge in [0.25, 0.3) is 0 Å². The first kappa shape index (κ1) is 27.6. The molecule has 0 saturated carbocycles. The molecule has 1 fully saturated rings. The van der Waals surface area contributed by atoms with Crippen molar-refractivity contribution < 1.29 is 9.13 Å². The monoisotopic (exact) mass is 554 g/mol. The molecule has 3 nitrogen and oxygen atoms in total. The molecular formula is C26H30BrCl2FN2O. The van der Waals surface area contributed by atoms with Crippen LogP contribution in [0.3, 0.4) is 0 Å². The van der Waals surface area contributed by atoms with Crippen LogP contribution >= 0.6 is 40.7 Å². The second kappa shape index (κ2) is 13.9. The third kappa shape index (κ3) is 8.58. The molecule has 1 aliphatic rings. The van der Waals surface area contributed by atoms with Crippen LogP contribution in [0, 0.1) is 5.82 Å². The molecule has 1 N–H and O–H groups in total. The Kier molecular flexibility index (Phi) is 11.7. The number of hydrogen-bond donors (Lipinski definition) is 1. The van der Waals surface area contributed by atoms with Crippen LogP contribution in [0.2, 0.25) is 0 Å². The molecule has 1 saturated heterocycles. The summed E-state index contributed by atoms with van der Waals surface area (Å²) in [4.78, 5) is 2.53. The van der Waals surface area contributed by atoms with E-state index in [9.17, 15) is 4.39 Å². The molecule has 0 unspecified atom stereocenters. The molecule has 1 aliphatic heterocycles. The van der Waals surface area contributed by atoms with E-state index in [1.165, 1.54) is 17.7 Å². The van der Waals surface area contributed by atoms with Gasteiger partial charge in [-0.15, -0.1) is 24.8 Å². The van der Waals surface area contributed by atoms with Crippen LogP contribution < -0.4 is 10.1 Å². The predicted octanol–water partition coefficient (Wildman–Crippen LogP) is 6.77. The summed E-state index contributed by atoms with van der Waals surface area (Å²) in [6.45, 7) is 4.44. The third-order valence-corrected chi connectivity index (χ3v) is 6.24. The lowest BCUT2D eigenvalue weighted by Crippen LogP contribution is -2.41. The maximum absolute atomic E-state index is 13.1. The summed E-state index contributed by atoms with van der Waals surface area (Å²) in [7, 11) is 0. The quantitative estimate of drug-likeness (QED) is 0.332. The number of benzene rings is 3. The summed E-state index contributed by atoms with van der Waals surface area (Å²) in [5.74, 6) is 0.633. The normalized spacial score (nSPS) is 14.2. The molecule has 178 valence electrons. The lowest BCUT2D eigenvalue weighted by molar-refractivity contribution is 0.189. The van der Waals surface area contributed by atoms with E-state index in [2.05, 4.69) is 62.5 Å². The molecule has 1 heterocycles. The largest absolute Gasteiger partial charge is 0.489 e. The van der Waals surface area contributed by atoms with Gasteiger partial charge in [0, 0.05) is 29.2 Å². The molecule has 0 spiro atoms. The molecule has 4 rings (SSSR count). The Hall–Kier alpha value is -1.63. The Morgan fingerprint density at radius 2 is 1.61 bits per heavy atom. The summed E-state index contributed by atoms with van der Waals surface area (Å²) in [6.07, 6.45) is 2.29. The second-order valence-electron chi connectivity index (χ2n) is 8.08. The maximum Gasteiger partial charge on any atom is 0.124 e. The molecule has 0 atom stereocenters. The predicted molar refractivity (Wildman–Crippen MR) is 141 cm³/mol. The van der Waals surface area contributed by atoms with Crippen molar-refractivity contribution in [3.05, 3.63) is 99.8 Å². The Balaban J connectivity index is 0.00000193. The molecule has 0 aliphatic carbocycles. The Bertz CT molecular complexity index is 968. The standard InChI is InChI=1S/C26H28BrFN2O.2ClH/c27-23-8-11-26(31-19-21-6-9-24(28)10-7-21)22(16-23)17-29-25-12-14-30(15-13-25)18-20-4-2-1-3-5-20;;/h1-11,16,25,29H,12-15,17-19H2;2*1H. The number of nitrogens with zero attached hydrogens (tertiary/aromatic N) is 1. The molecule has 0 aromatic heterocycles. The van der Waals surface area contributed by atoms with Crippen molar-refractivity contribution in [1.82, 2.24) is 10.2 Å². The minimum atomic E-state index is -0.230. The van der Waals surface area contributed by atoms with E-state index in [4.69, 9.17) is 4.74 Å². The zero-order chi connectivity index (χ0) is 21.5. The Morgan fingerprint density at radius 1 is 0.909 bits per heavy atom. The number of nitrogens with one attached hydrogen (secondary N) is 1. The van der Waals surface area contributed by atoms with Crippen molar-refractivity contribution in [3.63, 3.8) is 0 Å². The Labute approximate surface area is 216 Å². The maximum atomic E-state index is 13.1. The van der Waals surface area contributed by atoms with E-state index in [-0.39, 0.29) is 30.6 Å². The minimum absolute atomic E-state index is 0. The van der Waals surface area contributed by atoms with Crippen molar-refractivity contribution in [1.29, 1.82) is 0 Å². The van der Waals surface area contributed by atoms with Gasteiger partial charge in [-0.3, -0.25) is 4.90 Å². The van der Waals surface area contributed by atoms with Gasteiger partial charge in [0.15, 0.2) is 0 Å². The van der Waals surface area contributed by atoms with Gasteiger partial charge in [0.05, 0.1) is 0 Å². The van der Waals surface area contributed by atoms with Crippen molar-refractivity contribution in [2.45, 2.75) is 38.6 Å². The first-order valence-corrected chi connectivity index (χ1v) is 11.6. The average Bonchev–Trinajstić information content (AvgIpc) is 2.80. The van der Waals surface area contributed by atoms with Crippen LogP contribution in [0.5, 0.6) is 5.75 Å². The highest BCUT2D eigenvalue weighted by molar-refractivity contribution is 9.10. The topological polar surface area (TPSA) is 24.5 Å². The number of hydrogen-bond acceptors (Lipinski definition) is 3. The highest BCUT2D eigenvalue weighted by Crippen LogP contribution is 2.25. The van der Waals surface area contributed by atoms with Crippen LogP contribution in [-0.4, -0.2) is 24.0 Å². The fourth-order valence-electron chi connectivity index (χ4n) is 3.96. The molecule has 0 amide bonds. The molecule has 7 heteroatoms. The highest BCUT2D eigenvalue weighted by atomic mass is 79.9.